The number of anilines is 1. The van der Waals surface area contributed by atoms with Gasteiger partial charge in [-0.05, 0) is 48.2 Å². The second-order valence-electron chi connectivity index (χ2n) is 6.48. The van der Waals surface area contributed by atoms with Crippen molar-refractivity contribution in [2.75, 3.05) is 32.5 Å². The lowest BCUT2D eigenvalue weighted by molar-refractivity contribution is -0.115. The monoisotopic (exact) mass is 523 g/mol. The Kier molecular flexibility index (Phi) is 11.5. The second-order valence-corrected chi connectivity index (χ2v) is 6.48. The summed E-state index contributed by atoms with van der Waals surface area (Å²) < 4.78 is 0. The summed E-state index contributed by atoms with van der Waals surface area (Å²) in [5, 5.41) is 11.7. The van der Waals surface area contributed by atoms with Crippen LogP contribution in [0.5, 0.6) is 0 Å². The van der Waals surface area contributed by atoms with Crippen LogP contribution in [0.4, 0.5) is 5.69 Å². The maximum atomic E-state index is 12.2. The van der Waals surface area contributed by atoms with Crippen LogP contribution in [0.3, 0.4) is 0 Å². The molecule has 0 saturated carbocycles. The molecule has 0 aliphatic carbocycles. The molecule has 0 unspecified atom stereocenters. The number of nitrogens with one attached hydrogen (secondary N) is 4. The first-order valence-corrected chi connectivity index (χ1v) is 9.70. The zero-order chi connectivity index (χ0) is 21.1. The minimum absolute atomic E-state index is 0. The Labute approximate surface area is 195 Å². The Hall–Kier alpha value is -2.62. The molecule has 0 aliphatic rings. The number of carbonyl (C=O) groups excluding carboxylic acids is 2. The van der Waals surface area contributed by atoms with Crippen LogP contribution >= 0.6 is 24.0 Å². The van der Waals surface area contributed by atoms with Crippen molar-refractivity contribution in [2.45, 2.75) is 19.8 Å². The number of aliphatic imine (C=N–C) groups is 1. The Bertz CT molecular complexity index is 870. The van der Waals surface area contributed by atoms with Gasteiger partial charge in [-0.3, -0.25) is 14.6 Å². The summed E-state index contributed by atoms with van der Waals surface area (Å²) >= 11 is 0. The van der Waals surface area contributed by atoms with Crippen molar-refractivity contribution in [2.24, 2.45) is 4.99 Å². The molecule has 30 heavy (non-hydrogen) atoms. The van der Waals surface area contributed by atoms with E-state index in [2.05, 4.69) is 33.2 Å². The van der Waals surface area contributed by atoms with Crippen molar-refractivity contribution in [3.8, 4) is 0 Å². The highest BCUT2D eigenvalue weighted by atomic mass is 127. The van der Waals surface area contributed by atoms with E-state index in [1.165, 1.54) is 5.56 Å². The highest BCUT2D eigenvalue weighted by molar-refractivity contribution is 14.0. The van der Waals surface area contributed by atoms with E-state index in [0.717, 1.165) is 24.1 Å². The summed E-state index contributed by atoms with van der Waals surface area (Å²) in [6, 6.07) is 15.3. The van der Waals surface area contributed by atoms with Crippen LogP contribution < -0.4 is 21.3 Å². The summed E-state index contributed by atoms with van der Waals surface area (Å²) in [5.41, 5.74) is 3.64. The third-order valence-corrected chi connectivity index (χ3v) is 4.38. The van der Waals surface area contributed by atoms with Gasteiger partial charge in [0.05, 0.1) is 6.54 Å². The lowest BCUT2D eigenvalue weighted by atomic mass is 10.1. The predicted octanol–water partition coefficient (Wildman–Crippen LogP) is 2.57. The minimum atomic E-state index is -0.139. The van der Waals surface area contributed by atoms with Gasteiger partial charge in [0.15, 0.2) is 5.96 Å². The molecule has 0 fully saturated rings. The van der Waals surface area contributed by atoms with Gasteiger partial charge in [0.2, 0.25) is 5.91 Å². The normalized spacial score (nSPS) is 10.6. The number of amides is 2. The standard InChI is InChI=1S/C22H29N5O2.HI/c1-4-16-7-6-10-19(14-16)27-20(28)15-26-22(24-3)25-12-11-17-8-5-9-18(13-17)21(29)23-2;/h5-10,13-14H,4,11-12,15H2,1-3H3,(H,23,29)(H,27,28)(H2,24,25,26);1H. The van der Waals surface area contributed by atoms with Crippen molar-refractivity contribution < 1.29 is 9.59 Å². The molecule has 0 aromatic heterocycles. The predicted molar refractivity (Wildman–Crippen MR) is 133 cm³/mol. The minimum Gasteiger partial charge on any atom is -0.356 e. The summed E-state index contributed by atoms with van der Waals surface area (Å²) in [7, 11) is 3.27. The Morgan fingerprint density at radius 3 is 2.43 bits per heavy atom. The molecule has 0 spiro atoms. The fourth-order valence-corrected chi connectivity index (χ4v) is 2.80. The first kappa shape index (κ1) is 25.4. The topological polar surface area (TPSA) is 94.6 Å². The van der Waals surface area contributed by atoms with Gasteiger partial charge in [-0.1, -0.05) is 31.2 Å². The summed E-state index contributed by atoms with van der Waals surface area (Å²) in [5.74, 6) is 0.303. The van der Waals surface area contributed by atoms with Crippen molar-refractivity contribution in [3.05, 3.63) is 65.2 Å². The maximum Gasteiger partial charge on any atom is 0.251 e. The quantitative estimate of drug-likeness (QED) is 0.243. The molecule has 162 valence electrons. The molecule has 7 nitrogen and oxygen atoms in total. The molecule has 2 amide bonds. The molecule has 2 aromatic carbocycles. The van der Waals surface area contributed by atoms with Crippen LogP contribution in [0.1, 0.15) is 28.4 Å². The van der Waals surface area contributed by atoms with Crippen LogP contribution in [-0.2, 0) is 17.6 Å². The lowest BCUT2D eigenvalue weighted by Gasteiger charge is -2.12. The van der Waals surface area contributed by atoms with E-state index >= 15 is 0 Å². The number of benzene rings is 2. The number of aryl methyl sites for hydroxylation is 1. The Morgan fingerprint density at radius 2 is 1.73 bits per heavy atom. The lowest BCUT2D eigenvalue weighted by Crippen LogP contribution is -2.42. The molecule has 0 bridgehead atoms. The first-order chi connectivity index (χ1) is 14.0. The van der Waals surface area contributed by atoms with Crippen molar-refractivity contribution in [1.29, 1.82) is 0 Å². The summed E-state index contributed by atoms with van der Waals surface area (Å²) in [4.78, 5) is 28.0. The molecular formula is C22H30IN5O2. The van der Waals surface area contributed by atoms with Gasteiger partial charge in [0, 0.05) is 31.9 Å². The van der Waals surface area contributed by atoms with Gasteiger partial charge in [0.25, 0.3) is 5.91 Å². The SMILES string of the molecule is CCc1cccc(NC(=O)CNC(=NC)NCCc2cccc(C(=O)NC)c2)c1.I. The maximum absolute atomic E-state index is 12.2. The van der Waals surface area contributed by atoms with Crippen LogP contribution in [-0.4, -0.2) is 45.0 Å². The number of hydrogen-bond donors (Lipinski definition) is 4. The van der Waals surface area contributed by atoms with Gasteiger partial charge < -0.3 is 21.3 Å². The first-order valence-electron chi connectivity index (χ1n) is 9.70. The van der Waals surface area contributed by atoms with Crippen molar-refractivity contribution in [1.82, 2.24) is 16.0 Å². The van der Waals surface area contributed by atoms with Crippen LogP contribution in [0, 0.1) is 0 Å². The zero-order valence-corrected chi connectivity index (χ0v) is 19.9. The van der Waals surface area contributed by atoms with E-state index in [-0.39, 0.29) is 42.3 Å². The Morgan fingerprint density at radius 1 is 1.00 bits per heavy atom. The van der Waals surface area contributed by atoms with Crippen LogP contribution in [0.25, 0.3) is 0 Å². The number of carbonyl (C=O) groups is 2. The summed E-state index contributed by atoms with van der Waals surface area (Å²) in [6.07, 6.45) is 1.64. The molecule has 0 aliphatic heterocycles. The van der Waals surface area contributed by atoms with Gasteiger partial charge in [-0.2, -0.15) is 0 Å². The number of nitrogens with zero attached hydrogens (tertiary/aromatic N) is 1. The highest BCUT2D eigenvalue weighted by Gasteiger charge is 2.06. The van der Waals surface area contributed by atoms with Gasteiger partial charge in [-0.25, -0.2) is 0 Å². The van der Waals surface area contributed by atoms with E-state index in [1.807, 2.05) is 42.5 Å². The molecular weight excluding hydrogens is 493 g/mol. The third-order valence-electron chi connectivity index (χ3n) is 4.38. The summed E-state index contributed by atoms with van der Waals surface area (Å²) in [6.45, 7) is 2.81. The number of guanidine groups is 1. The van der Waals surface area contributed by atoms with E-state index in [1.54, 1.807) is 20.2 Å². The fourth-order valence-electron chi connectivity index (χ4n) is 2.80. The number of hydrogen-bond acceptors (Lipinski definition) is 3. The van der Waals surface area contributed by atoms with Gasteiger partial charge in [0.1, 0.15) is 0 Å². The molecule has 0 heterocycles. The average Bonchev–Trinajstić information content (AvgIpc) is 2.75. The van der Waals surface area contributed by atoms with E-state index in [0.29, 0.717) is 18.1 Å². The molecule has 0 radical (unpaired) electrons. The second kappa shape index (κ2) is 13.6. The zero-order valence-electron chi connectivity index (χ0n) is 17.6. The van der Waals surface area contributed by atoms with Crippen molar-refractivity contribution >= 4 is 47.4 Å². The van der Waals surface area contributed by atoms with Gasteiger partial charge in [-0.15, -0.1) is 24.0 Å². The number of rotatable bonds is 8. The van der Waals surface area contributed by atoms with E-state index in [4.69, 9.17) is 0 Å². The Balaban J connectivity index is 0.00000450. The largest absolute Gasteiger partial charge is 0.356 e. The smallest absolute Gasteiger partial charge is 0.251 e. The number of halogens is 1. The van der Waals surface area contributed by atoms with Crippen LogP contribution in [0.2, 0.25) is 0 Å². The average molecular weight is 523 g/mol. The molecule has 0 saturated heterocycles. The molecule has 0 atom stereocenters. The van der Waals surface area contributed by atoms with Crippen LogP contribution in [0.15, 0.2) is 53.5 Å². The molecule has 2 aromatic rings. The molecule has 4 N–H and O–H groups in total. The third kappa shape index (κ3) is 8.40. The van der Waals surface area contributed by atoms with Gasteiger partial charge >= 0.3 is 0 Å². The van der Waals surface area contributed by atoms with E-state index < -0.39 is 0 Å². The van der Waals surface area contributed by atoms with E-state index in [9.17, 15) is 9.59 Å². The highest BCUT2D eigenvalue weighted by Crippen LogP contribution is 2.10. The van der Waals surface area contributed by atoms with Crippen molar-refractivity contribution in [3.63, 3.8) is 0 Å². The fraction of sp³-hybridized carbons (Fsp3) is 0.318. The molecule has 8 heteroatoms. The molecule has 2 rings (SSSR count).